The van der Waals surface area contributed by atoms with Crippen molar-refractivity contribution < 1.29 is 0 Å². The molecule has 0 aliphatic carbocycles. The van der Waals surface area contributed by atoms with Gasteiger partial charge in [-0.15, -0.1) is 0 Å². The first kappa shape index (κ1) is 18.2. The summed E-state index contributed by atoms with van der Waals surface area (Å²) in [5.74, 6) is 0. The van der Waals surface area contributed by atoms with Crippen LogP contribution in [0, 0.1) is 0 Å². The Kier molecular flexibility index (Phi) is 5.58. The number of benzene rings is 2. The molecule has 0 atom stereocenters. The van der Waals surface area contributed by atoms with Crippen LogP contribution in [0.2, 0.25) is 0 Å². The Morgan fingerprint density at radius 1 is 0.963 bits per heavy atom. The molecule has 1 fully saturated rings. The van der Waals surface area contributed by atoms with E-state index >= 15 is 0 Å². The first-order valence-corrected chi connectivity index (χ1v) is 10.1. The van der Waals surface area contributed by atoms with E-state index in [1.54, 1.807) is 0 Å². The smallest absolute Gasteiger partial charge is 0.0422 e. The van der Waals surface area contributed by atoms with Gasteiger partial charge < -0.3 is 16.0 Å². The monoisotopic (exact) mass is 362 g/mol. The Balaban J connectivity index is 1.46. The van der Waals surface area contributed by atoms with Crippen molar-refractivity contribution in [1.82, 2.24) is 15.1 Å². The van der Waals surface area contributed by atoms with E-state index in [1.165, 1.54) is 66.2 Å². The minimum atomic E-state index is 0.581. The van der Waals surface area contributed by atoms with E-state index in [1.807, 2.05) is 0 Å². The summed E-state index contributed by atoms with van der Waals surface area (Å²) >= 11 is 0. The summed E-state index contributed by atoms with van der Waals surface area (Å²) in [6.45, 7) is 10.6. The standard InChI is InChI=1S/C23H30N4/c1-2-26-10-12-27(13-11-26)17-18-6-8-19(9-7-18)23-14-22-20(15-24)4-3-5-21(22)16-25-23/h3-9,14,25H,2,10-13,15-17,24H2,1H3. The number of nitrogens with one attached hydrogen (secondary N) is 1. The van der Waals surface area contributed by atoms with Crippen LogP contribution in [0.5, 0.6) is 0 Å². The van der Waals surface area contributed by atoms with Crippen molar-refractivity contribution >= 4 is 11.8 Å². The molecular weight excluding hydrogens is 332 g/mol. The van der Waals surface area contributed by atoms with Gasteiger partial charge in [0.05, 0.1) is 0 Å². The molecule has 2 aliphatic rings. The summed E-state index contributed by atoms with van der Waals surface area (Å²) in [6, 6.07) is 15.4. The fourth-order valence-electron chi connectivity index (χ4n) is 4.07. The highest BCUT2D eigenvalue weighted by Gasteiger charge is 2.16. The van der Waals surface area contributed by atoms with Gasteiger partial charge in [-0.25, -0.2) is 0 Å². The Morgan fingerprint density at radius 3 is 2.41 bits per heavy atom. The van der Waals surface area contributed by atoms with E-state index in [-0.39, 0.29) is 0 Å². The van der Waals surface area contributed by atoms with Gasteiger partial charge in [-0.3, -0.25) is 4.90 Å². The highest BCUT2D eigenvalue weighted by Crippen LogP contribution is 2.26. The quantitative estimate of drug-likeness (QED) is 0.858. The third-order valence-electron chi connectivity index (χ3n) is 5.85. The summed E-state index contributed by atoms with van der Waals surface area (Å²) in [4.78, 5) is 5.08. The number of likely N-dealkylation sites (N-methyl/N-ethyl adjacent to an activating group) is 1. The summed E-state index contributed by atoms with van der Waals surface area (Å²) in [6.07, 6.45) is 2.25. The molecule has 0 spiro atoms. The third kappa shape index (κ3) is 4.08. The topological polar surface area (TPSA) is 44.5 Å². The zero-order valence-corrected chi connectivity index (χ0v) is 16.2. The van der Waals surface area contributed by atoms with E-state index in [2.05, 4.69) is 70.6 Å². The van der Waals surface area contributed by atoms with Crippen LogP contribution < -0.4 is 11.1 Å². The van der Waals surface area contributed by atoms with Crippen LogP contribution in [0.3, 0.4) is 0 Å². The van der Waals surface area contributed by atoms with Gasteiger partial charge >= 0.3 is 0 Å². The molecule has 1 saturated heterocycles. The predicted octanol–water partition coefficient (Wildman–Crippen LogP) is 2.88. The van der Waals surface area contributed by atoms with Gasteiger partial charge in [-0.05, 0) is 40.4 Å². The lowest BCUT2D eigenvalue weighted by Crippen LogP contribution is -2.45. The minimum Gasteiger partial charge on any atom is -0.380 e. The molecule has 142 valence electrons. The molecule has 2 heterocycles. The first-order chi connectivity index (χ1) is 13.3. The van der Waals surface area contributed by atoms with Crippen molar-refractivity contribution in [3.8, 4) is 0 Å². The van der Waals surface area contributed by atoms with Gasteiger partial charge in [-0.1, -0.05) is 49.4 Å². The number of hydrogen-bond donors (Lipinski definition) is 2. The zero-order valence-electron chi connectivity index (χ0n) is 16.2. The molecule has 3 N–H and O–H groups in total. The third-order valence-corrected chi connectivity index (χ3v) is 5.85. The lowest BCUT2D eigenvalue weighted by molar-refractivity contribution is 0.132. The highest BCUT2D eigenvalue weighted by molar-refractivity contribution is 5.84. The minimum absolute atomic E-state index is 0.581. The fourth-order valence-corrected chi connectivity index (χ4v) is 4.07. The fraction of sp³-hybridized carbons (Fsp3) is 0.391. The van der Waals surface area contributed by atoms with Crippen molar-refractivity contribution in [2.24, 2.45) is 5.73 Å². The molecule has 0 saturated carbocycles. The van der Waals surface area contributed by atoms with Crippen molar-refractivity contribution in [2.45, 2.75) is 26.6 Å². The second-order valence-corrected chi connectivity index (χ2v) is 7.51. The van der Waals surface area contributed by atoms with Gasteiger partial charge in [0.25, 0.3) is 0 Å². The molecule has 4 rings (SSSR count). The molecule has 27 heavy (non-hydrogen) atoms. The van der Waals surface area contributed by atoms with Crippen molar-refractivity contribution in [3.63, 3.8) is 0 Å². The van der Waals surface area contributed by atoms with Crippen molar-refractivity contribution in [3.05, 3.63) is 70.3 Å². The second-order valence-electron chi connectivity index (χ2n) is 7.51. The Morgan fingerprint density at radius 2 is 1.70 bits per heavy atom. The largest absolute Gasteiger partial charge is 0.380 e. The van der Waals surface area contributed by atoms with E-state index in [9.17, 15) is 0 Å². The van der Waals surface area contributed by atoms with Crippen molar-refractivity contribution in [1.29, 1.82) is 0 Å². The highest BCUT2D eigenvalue weighted by atomic mass is 15.3. The number of nitrogens with zero attached hydrogens (tertiary/aromatic N) is 2. The maximum atomic E-state index is 5.93. The van der Waals surface area contributed by atoms with Crippen LogP contribution >= 0.6 is 0 Å². The van der Waals surface area contributed by atoms with E-state index in [0.717, 1.165) is 13.1 Å². The van der Waals surface area contributed by atoms with Gasteiger partial charge in [0, 0.05) is 51.5 Å². The molecule has 4 heteroatoms. The summed E-state index contributed by atoms with van der Waals surface area (Å²) in [5.41, 5.74) is 13.6. The molecule has 0 aromatic heterocycles. The van der Waals surface area contributed by atoms with Crippen LogP contribution in [0.1, 0.15) is 34.7 Å². The molecule has 2 aromatic rings. The molecule has 0 bridgehead atoms. The van der Waals surface area contributed by atoms with E-state index in [0.29, 0.717) is 6.54 Å². The van der Waals surface area contributed by atoms with Gasteiger partial charge in [0.1, 0.15) is 0 Å². The second kappa shape index (κ2) is 8.26. The summed E-state index contributed by atoms with van der Waals surface area (Å²) < 4.78 is 0. The van der Waals surface area contributed by atoms with E-state index < -0.39 is 0 Å². The van der Waals surface area contributed by atoms with Crippen LogP contribution in [-0.4, -0.2) is 42.5 Å². The Labute approximate surface area is 162 Å². The summed E-state index contributed by atoms with van der Waals surface area (Å²) in [5, 5.41) is 3.56. The molecule has 0 unspecified atom stereocenters. The number of hydrogen-bond acceptors (Lipinski definition) is 4. The molecule has 4 nitrogen and oxygen atoms in total. The number of fused-ring (bicyclic) bond motifs is 1. The maximum Gasteiger partial charge on any atom is 0.0422 e. The zero-order chi connectivity index (χ0) is 18.6. The number of rotatable bonds is 5. The van der Waals surface area contributed by atoms with Gasteiger partial charge in [0.15, 0.2) is 0 Å². The van der Waals surface area contributed by atoms with Crippen LogP contribution in [-0.2, 0) is 19.6 Å². The van der Waals surface area contributed by atoms with Crippen LogP contribution in [0.15, 0.2) is 42.5 Å². The first-order valence-electron chi connectivity index (χ1n) is 10.1. The van der Waals surface area contributed by atoms with Gasteiger partial charge in [0.2, 0.25) is 0 Å². The number of nitrogens with two attached hydrogens (primary N) is 1. The molecule has 0 radical (unpaired) electrons. The molecule has 0 amide bonds. The molecule has 2 aromatic carbocycles. The van der Waals surface area contributed by atoms with Crippen molar-refractivity contribution in [2.75, 3.05) is 32.7 Å². The van der Waals surface area contributed by atoms with E-state index in [4.69, 9.17) is 5.73 Å². The van der Waals surface area contributed by atoms with Crippen LogP contribution in [0.25, 0.3) is 11.8 Å². The summed E-state index contributed by atoms with van der Waals surface area (Å²) in [7, 11) is 0. The molecular formula is C23H30N4. The Hall–Kier alpha value is -2.14. The number of piperazine rings is 1. The SMILES string of the molecule is CCN1CCN(Cc2ccc(C3=Cc4c(CN)cccc4CN3)cc2)CC1. The Bertz CT molecular complexity index is 802. The predicted molar refractivity (Wildman–Crippen MR) is 113 cm³/mol. The maximum absolute atomic E-state index is 5.93. The normalized spacial score (nSPS) is 17.9. The average molecular weight is 363 g/mol. The van der Waals surface area contributed by atoms with Gasteiger partial charge in [-0.2, -0.15) is 0 Å². The lowest BCUT2D eigenvalue weighted by atomic mass is 9.95. The van der Waals surface area contributed by atoms with Crippen LogP contribution in [0.4, 0.5) is 0 Å². The molecule has 2 aliphatic heterocycles. The lowest BCUT2D eigenvalue weighted by Gasteiger charge is -2.34. The average Bonchev–Trinajstić information content (AvgIpc) is 2.74.